The van der Waals surface area contributed by atoms with Gasteiger partial charge in [0, 0.05) is 29.7 Å². The lowest BCUT2D eigenvalue weighted by molar-refractivity contribution is -0.119. The summed E-state index contributed by atoms with van der Waals surface area (Å²) in [5, 5.41) is -0.00704. The van der Waals surface area contributed by atoms with Crippen LogP contribution in [0.25, 0.3) is 10.9 Å². The van der Waals surface area contributed by atoms with Crippen LogP contribution in [-0.2, 0) is 11.3 Å². The molecule has 0 spiro atoms. The van der Waals surface area contributed by atoms with Crippen molar-refractivity contribution in [2.75, 3.05) is 26.4 Å². The Labute approximate surface area is 206 Å². The summed E-state index contributed by atoms with van der Waals surface area (Å²) in [5.41, 5.74) is -0.508. The maximum Gasteiger partial charge on any atom is 0.332 e. The molecular weight excluding hydrogens is 531 g/mol. The second-order valence-electron chi connectivity index (χ2n) is 8.39. The second kappa shape index (κ2) is 10.7. The standard InChI is InChI=1S/C24H23BrF3N3O4/c25-16-3-1-15(2-4-16)13-30-23(33)19-9-22(35-18(11-26)12-27)20(28)10-21(19)31(24(30)34)17-5-7-29(14-32)8-6-17/h1-4,9-10,14,17-18H,5-8,11-13H2. The molecule has 0 atom stereocenters. The number of hydrogen-bond donors (Lipinski definition) is 0. The van der Waals surface area contributed by atoms with E-state index in [4.69, 9.17) is 4.74 Å². The van der Waals surface area contributed by atoms with E-state index in [2.05, 4.69) is 15.9 Å². The molecule has 35 heavy (non-hydrogen) atoms. The zero-order chi connectivity index (χ0) is 25.1. The minimum Gasteiger partial charge on any atom is -0.482 e. The van der Waals surface area contributed by atoms with Gasteiger partial charge in [-0.15, -0.1) is 0 Å². The lowest BCUT2D eigenvalue weighted by atomic mass is 10.0. The number of carbonyl (C=O) groups excluding carboxylic acids is 1. The first-order valence-corrected chi connectivity index (χ1v) is 11.9. The van der Waals surface area contributed by atoms with Crippen LogP contribution in [0.5, 0.6) is 5.75 Å². The summed E-state index contributed by atoms with van der Waals surface area (Å²) in [6.07, 6.45) is 0.109. The molecule has 11 heteroatoms. The third kappa shape index (κ3) is 5.14. The number of rotatable bonds is 8. The Morgan fingerprint density at radius 1 is 1.09 bits per heavy atom. The molecule has 1 aromatic heterocycles. The number of carbonyl (C=O) groups is 1. The highest BCUT2D eigenvalue weighted by Crippen LogP contribution is 2.28. The van der Waals surface area contributed by atoms with Gasteiger partial charge in [-0.25, -0.2) is 18.0 Å². The Kier molecular flexibility index (Phi) is 7.63. The molecule has 3 aromatic rings. The lowest BCUT2D eigenvalue weighted by Gasteiger charge is -2.31. The van der Waals surface area contributed by atoms with Crippen molar-refractivity contribution in [3.8, 4) is 5.75 Å². The smallest absolute Gasteiger partial charge is 0.332 e. The van der Waals surface area contributed by atoms with Crippen LogP contribution in [0.3, 0.4) is 0 Å². The summed E-state index contributed by atoms with van der Waals surface area (Å²) in [6.45, 7) is -1.55. The summed E-state index contributed by atoms with van der Waals surface area (Å²) >= 11 is 3.35. The maximum atomic E-state index is 14.9. The number of piperidine rings is 1. The van der Waals surface area contributed by atoms with Gasteiger partial charge in [0.05, 0.1) is 17.4 Å². The highest BCUT2D eigenvalue weighted by atomic mass is 79.9. The van der Waals surface area contributed by atoms with Gasteiger partial charge in [0.15, 0.2) is 17.7 Å². The second-order valence-corrected chi connectivity index (χ2v) is 9.31. The fourth-order valence-electron chi connectivity index (χ4n) is 4.27. The normalized spacial score (nSPS) is 14.6. The van der Waals surface area contributed by atoms with Gasteiger partial charge in [0.2, 0.25) is 6.41 Å². The van der Waals surface area contributed by atoms with E-state index < -0.39 is 42.3 Å². The minimum atomic E-state index is -1.51. The highest BCUT2D eigenvalue weighted by molar-refractivity contribution is 9.10. The third-order valence-corrected chi connectivity index (χ3v) is 6.66. The van der Waals surface area contributed by atoms with Gasteiger partial charge in [0.25, 0.3) is 5.56 Å². The van der Waals surface area contributed by atoms with Gasteiger partial charge in [-0.2, -0.15) is 0 Å². The van der Waals surface area contributed by atoms with Gasteiger partial charge >= 0.3 is 5.69 Å². The molecule has 1 saturated heterocycles. The van der Waals surface area contributed by atoms with Gasteiger partial charge in [-0.05, 0) is 36.6 Å². The van der Waals surface area contributed by atoms with E-state index >= 15 is 0 Å². The number of benzene rings is 2. The summed E-state index contributed by atoms with van der Waals surface area (Å²) in [7, 11) is 0. The number of amides is 1. The number of nitrogens with zero attached hydrogens (tertiary/aromatic N) is 3. The molecule has 0 saturated carbocycles. The van der Waals surface area contributed by atoms with E-state index in [0.29, 0.717) is 31.5 Å². The van der Waals surface area contributed by atoms with Crippen molar-refractivity contribution in [3.05, 3.63) is 73.1 Å². The molecule has 1 aliphatic rings. The topological polar surface area (TPSA) is 73.5 Å². The van der Waals surface area contributed by atoms with Crippen molar-refractivity contribution in [1.82, 2.24) is 14.0 Å². The van der Waals surface area contributed by atoms with Crippen LogP contribution in [0, 0.1) is 5.82 Å². The van der Waals surface area contributed by atoms with E-state index in [0.717, 1.165) is 27.6 Å². The van der Waals surface area contributed by atoms with Crippen LogP contribution in [0.1, 0.15) is 24.4 Å². The van der Waals surface area contributed by atoms with Gasteiger partial charge < -0.3 is 9.64 Å². The number of likely N-dealkylation sites (tertiary alicyclic amines) is 1. The molecule has 2 heterocycles. The monoisotopic (exact) mass is 553 g/mol. The van der Waals surface area contributed by atoms with Crippen molar-refractivity contribution >= 4 is 33.2 Å². The number of aromatic nitrogens is 2. The van der Waals surface area contributed by atoms with E-state index in [1.54, 1.807) is 29.2 Å². The number of halogens is 4. The van der Waals surface area contributed by atoms with Crippen LogP contribution in [0.2, 0.25) is 0 Å². The van der Waals surface area contributed by atoms with E-state index in [-0.39, 0.29) is 23.5 Å². The number of hydrogen-bond acceptors (Lipinski definition) is 4. The average molecular weight is 554 g/mol. The van der Waals surface area contributed by atoms with Crippen LogP contribution in [0.15, 0.2) is 50.5 Å². The van der Waals surface area contributed by atoms with Gasteiger partial charge in [-0.3, -0.25) is 18.7 Å². The molecule has 0 N–H and O–H groups in total. The number of fused-ring (bicyclic) bond motifs is 1. The van der Waals surface area contributed by atoms with E-state index in [1.165, 1.54) is 4.57 Å². The van der Waals surface area contributed by atoms with E-state index in [9.17, 15) is 27.6 Å². The van der Waals surface area contributed by atoms with Crippen LogP contribution in [-0.4, -0.2) is 53.0 Å². The molecule has 4 rings (SSSR count). The average Bonchev–Trinajstić information content (AvgIpc) is 2.87. The molecule has 0 unspecified atom stereocenters. The summed E-state index contributed by atoms with van der Waals surface area (Å²) in [5.74, 6) is -1.40. The van der Waals surface area contributed by atoms with Crippen molar-refractivity contribution in [3.63, 3.8) is 0 Å². The van der Waals surface area contributed by atoms with Crippen molar-refractivity contribution < 1.29 is 22.7 Å². The Morgan fingerprint density at radius 2 is 1.74 bits per heavy atom. The Balaban J connectivity index is 1.89. The van der Waals surface area contributed by atoms with Crippen LogP contribution >= 0.6 is 15.9 Å². The molecule has 7 nitrogen and oxygen atoms in total. The van der Waals surface area contributed by atoms with Crippen molar-refractivity contribution in [2.45, 2.75) is 31.5 Å². The zero-order valence-electron chi connectivity index (χ0n) is 18.6. The minimum absolute atomic E-state index is 0.00704. The van der Waals surface area contributed by atoms with E-state index in [1.807, 2.05) is 0 Å². The van der Waals surface area contributed by atoms with Crippen LogP contribution in [0.4, 0.5) is 13.2 Å². The fourth-order valence-corrected chi connectivity index (χ4v) is 4.53. The predicted molar refractivity (Wildman–Crippen MR) is 128 cm³/mol. The zero-order valence-corrected chi connectivity index (χ0v) is 20.2. The molecular formula is C24H23BrF3N3O4. The number of alkyl halides is 2. The van der Waals surface area contributed by atoms with Gasteiger partial charge in [-0.1, -0.05) is 28.1 Å². The Hall–Kier alpha value is -3.08. The highest BCUT2D eigenvalue weighted by Gasteiger charge is 2.26. The molecule has 186 valence electrons. The molecule has 0 radical (unpaired) electrons. The molecule has 1 amide bonds. The van der Waals surface area contributed by atoms with Gasteiger partial charge in [0.1, 0.15) is 13.3 Å². The Bertz CT molecular complexity index is 1330. The molecule has 0 bridgehead atoms. The quantitative estimate of drug-likeness (QED) is 0.399. The first-order valence-electron chi connectivity index (χ1n) is 11.1. The molecule has 2 aromatic carbocycles. The summed E-state index contributed by atoms with van der Waals surface area (Å²) in [6, 6.07) is 8.80. The molecule has 1 fully saturated rings. The molecule has 1 aliphatic heterocycles. The van der Waals surface area contributed by atoms with Crippen molar-refractivity contribution in [2.24, 2.45) is 0 Å². The fraction of sp³-hybridized carbons (Fsp3) is 0.375. The molecule has 0 aliphatic carbocycles. The SMILES string of the molecule is O=CN1CCC(n2c(=O)n(Cc3ccc(Br)cc3)c(=O)c3cc(OC(CF)CF)c(F)cc32)CC1. The summed E-state index contributed by atoms with van der Waals surface area (Å²) < 4.78 is 49.3. The summed E-state index contributed by atoms with van der Waals surface area (Å²) in [4.78, 5) is 39.7. The predicted octanol–water partition coefficient (Wildman–Crippen LogP) is 3.59. The Morgan fingerprint density at radius 3 is 2.34 bits per heavy atom. The maximum absolute atomic E-state index is 14.9. The van der Waals surface area contributed by atoms with Crippen LogP contribution < -0.4 is 16.0 Å². The van der Waals surface area contributed by atoms with Crippen molar-refractivity contribution in [1.29, 1.82) is 0 Å². The first kappa shape index (κ1) is 25.0. The lowest BCUT2D eigenvalue weighted by Crippen LogP contribution is -2.44. The number of ether oxygens (including phenoxy) is 1. The largest absolute Gasteiger partial charge is 0.482 e. The third-order valence-electron chi connectivity index (χ3n) is 6.13. The first-order chi connectivity index (χ1) is 16.9.